The van der Waals surface area contributed by atoms with E-state index in [-0.39, 0.29) is 6.42 Å². The standard InChI is InChI=1S/C24H27N3O5S/c1-23(2,15-25)19-11-9-17(10-12-19)16-5-7-18(8-6-16)21-13-20(32-27-21)14-24(3,22(28)26-29)33(4,30)31/h5-12,20,29H,13-14H2,1-4H3,(H,26,28). The van der Waals surface area contributed by atoms with Gasteiger partial charge in [-0.15, -0.1) is 0 Å². The van der Waals surface area contributed by atoms with E-state index in [0.29, 0.717) is 12.1 Å². The fourth-order valence-electron chi connectivity index (χ4n) is 3.67. The summed E-state index contributed by atoms with van der Waals surface area (Å²) in [7, 11) is -3.82. The van der Waals surface area contributed by atoms with Gasteiger partial charge in [0.25, 0.3) is 5.91 Å². The molecule has 0 saturated heterocycles. The molecular weight excluding hydrogens is 442 g/mol. The van der Waals surface area contributed by atoms with E-state index in [9.17, 15) is 18.5 Å². The number of hydrogen-bond donors (Lipinski definition) is 2. The first kappa shape index (κ1) is 24.4. The monoisotopic (exact) mass is 469 g/mol. The average molecular weight is 470 g/mol. The second-order valence-electron chi connectivity index (χ2n) is 9.01. The van der Waals surface area contributed by atoms with Gasteiger partial charge < -0.3 is 4.84 Å². The molecule has 2 aromatic carbocycles. The third-order valence-electron chi connectivity index (χ3n) is 6.19. The molecule has 0 spiro atoms. The Labute approximate surface area is 193 Å². The molecule has 2 unspecified atom stereocenters. The largest absolute Gasteiger partial charge is 0.392 e. The molecule has 0 fully saturated rings. The summed E-state index contributed by atoms with van der Waals surface area (Å²) >= 11 is 0. The number of nitriles is 1. The summed E-state index contributed by atoms with van der Waals surface area (Å²) in [6.45, 7) is 5.01. The van der Waals surface area contributed by atoms with Gasteiger partial charge in [-0.1, -0.05) is 53.7 Å². The van der Waals surface area contributed by atoms with Crippen molar-refractivity contribution in [2.75, 3.05) is 6.26 Å². The number of hydrogen-bond acceptors (Lipinski definition) is 7. The molecule has 33 heavy (non-hydrogen) atoms. The lowest BCUT2D eigenvalue weighted by molar-refractivity contribution is -0.132. The zero-order valence-corrected chi connectivity index (χ0v) is 19.8. The lowest BCUT2D eigenvalue weighted by atomic mass is 9.85. The van der Waals surface area contributed by atoms with Gasteiger partial charge >= 0.3 is 0 Å². The number of hydroxylamine groups is 1. The Morgan fingerprint density at radius 3 is 2.12 bits per heavy atom. The van der Waals surface area contributed by atoms with Gasteiger partial charge in [-0.3, -0.25) is 10.0 Å². The van der Waals surface area contributed by atoms with Gasteiger partial charge in [0, 0.05) is 19.1 Å². The van der Waals surface area contributed by atoms with E-state index >= 15 is 0 Å². The molecule has 0 radical (unpaired) electrons. The van der Waals surface area contributed by atoms with Crippen LogP contribution in [0.1, 0.15) is 44.7 Å². The van der Waals surface area contributed by atoms with Crippen molar-refractivity contribution in [2.45, 2.75) is 49.9 Å². The minimum absolute atomic E-state index is 0.144. The fourth-order valence-corrected chi connectivity index (χ4v) is 4.54. The number of oxime groups is 1. The molecular formula is C24H27N3O5S. The van der Waals surface area contributed by atoms with Crippen molar-refractivity contribution < 1.29 is 23.3 Å². The van der Waals surface area contributed by atoms with Crippen LogP contribution >= 0.6 is 0 Å². The van der Waals surface area contributed by atoms with Crippen molar-refractivity contribution in [1.82, 2.24) is 5.48 Å². The molecule has 0 aliphatic carbocycles. The van der Waals surface area contributed by atoms with E-state index < -0.39 is 32.0 Å². The number of nitrogens with zero attached hydrogens (tertiary/aromatic N) is 2. The van der Waals surface area contributed by atoms with Crippen molar-refractivity contribution in [1.29, 1.82) is 5.26 Å². The molecule has 1 aliphatic rings. The van der Waals surface area contributed by atoms with E-state index in [1.807, 2.05) is 62.4 Å². The number of sulfone groups is 1. The number of rotatable bonds is 7. The fraction of sp³-hybridized carbons (Fsp3) is 0.375. The van der Waals surface area contributed by atoms with Crippen molar-refractivity contribution in [2.24, 2.45) is 5.16 Å². The van der Waals surface area contributed by atoms with Crippen LogP contribution in [0.3, 0.4) is 0 Å². The van der Waals surface area contributed by atoms with Crippen molar-refractivity contribution in [3.05, 3.63) is 59.7 Å². The third kappa shape index (κ3) is 4.92. The van der Waals surface area contributed by atoms with E-state index in [2.05, 4.69) is 11.2 Å². The molecule has 174 valence electrons. The second kappa shape index (κ2) is 8.96. The Morgan fingerprint density at radius 2 is 1.64 bits per heavy atom. The molecule has 8 nitrogen and oxygen atoms in total. The zero-order valence-electron chi connectivity index (χ0n) is 19.0. The summed E-state index contributed by atoms with van der Waals surface area (Å²) in [5.41, 5.74) is 5.33. The topological polar surface area (TPSA) is 129 Å². The smallest absolute Gasteiger partial charge is 0.264 e. The summed E-state index contributed by atoms with van der Waals surface area (Å²) in [4.78, 5) is 17.4. The summed E-state index contributed by atoms with van der Waals surface area (Å²) in [5, 5.41) is 22.4. The van der Waals surface area contributed by atoms with Gasteiger partial charge in [-0.25, -0.2) is 13.9 Å². The van der Waals surface area contributed by atoms with Gasteiger partial charge in [0.2, 0.25) is 0 Å². The molecule has 3 rings (SSSR count). The van der Waals surface area contributed by atoms with Gasteiger partial charge in [0.05, 0.1) is 17.2 Å². The second-order valence-corrected chi connectivity index (χ2v) is 11.5. The Balaban J connectivity index is 1.71. The van der Waals surface area contributed by atoms with E-state index in [0.717, 1.165) is 28.5 Å². The van der Waals surface area contributed by atoms with Crippen LogP contribution in [0.15, 0.2) is 53.7 Å². The minimum Gasteiger partial charge on any atom is -0.392 e. The van der Waals surface area contributed by atoms with E-state index in [1.54, 1.807) is 0 Å². The lowest BCUT2D eigenvalue weighted by Crippen LogP contribution is -2.51. The third-order valence-corrected chi connectivity index (χ3v) is 8.18. The molecule has 0 saturated carbocycles. The summed E-state index contributed by atoms with van der Waals surface area (Å²) in [6.07, 6.45) is 0.522. The molecule has 1 heterocycles. The highest BCUT2D eigenvalue weighted by Gasteiger charge is 2.47. The molecule has 2 aromatic rings. The Kier molecular flexibility index (Phi) is 6.63. The van der Waals surface area contributed by atoms with Crippen LogP contribution in [0.4, 0.5) is 0 Å². The first-order chi connectivity index (χ1) is 15.4. The first-order valence-corrected chi connectivity index (χ1v) is 12.3. The number of benzene rings is 2. The van der Waals surface area contributed by atoms with Gasteiger partial charge in [-0.05, 0) is 43.0 Å². The first-order valence-electron chi connectivity index (χ1n) is 10.4. The summed E-state index contributed by atoms with van der Waals surface area (Å²) in [6, 6.07) is 17.9. The Bertz CT molecular complexity index is 1210. The minimum atomic E-state index is -3.82. The van der Waals surface area contributed by atoms with E-state index in [4.69, 9.17) is 10.0 Å². The molecule has 1 aliphatic heterocycles. The van der Waals surface area contributed by atoms with Crippen LogP contribution in [0.5, 0.6) is 0 Å². The van der Waals surface area contributed by atoms with E-state index in [1.165, 1.54) is 12.4 Å². The maximum atomic E-state index is 12.2. The molecule has 0 bridgehead atoms. The molecule has 2 atom stereocenters. The number of carbonyl (C=O) groups excluding carboxylic acids is 1. The van der Waals surface area contributed by atoms with Crippen molar-refractivity contribution in [3.63, 3.8) is 0 Å². The molecule has 9 heteroatoms. The van der Waals surface area contributed by atoms with Crippen LogP contribution in [-0.4, -0.2) is 42.4 Å². The Morgan fingerprint density at radius 1 is 1.12 bits per heavy atom. The quantitative estimate of drug-likeness (QED) is 0.473. The van der Waals surface area contributed by atoms with Crippen LogP contribution in [-0.2, 0) is 24.9 Å². The van der Waals surface area contributed by atoms with Crippen molar-refractivity contribution in [3.8, 4) is 17.2 Å². The highest BCUT2D eigenvalue weighted by molar-refractivity contribution is 7.92. The normalized spacial score (nSPS) is 17.9. The van der Waals surface area contributed by atoms with Crippen molar-refractivity contribution >= 4 is 21.5 Å². The van der Waals surface area contributed by atoms with Gasteiger partial charge in [0.15, 0.2) is 14.6 Å². The number of amides is 1. The summed E-state index contributed by atoms with van der Waals surface area (Å²) in [5.74, 6) is -1.00. The van der Waals surface area contributed by atoms with Crippen LogP contribution in [0, 0.1) is 11.3 Å². The SMILES string of the molecule is CC(C)(C#N)c1ccc(-c2ccc(C3=NOC(CC(C)(C(=O)NO)S(C)(=O)=O)C3)cc2)cc1. The zero-order chi connectivity index (χ0) is 24.4. The van der Waals surface area contributed by atoms with Crippen LogP contribution in [0.2, 0.25) is 0 Å². The lowest BCUT2D eigenvalue weighted by Gasteiger charge is -2.26. The summed E-state index contributed by atoms with van der Waals surface area (Å²) < 4.78 is 22.5. The highest BCUT2D eigenvalue weighted by atomic mass is 32.2. The predicted octanol–water partition coefficient (Wildman–Crippen LogP) is 3.35. The van der Waals surface area contributed by atoms with Crippen LogP contribution < -0.4 is 5.48 Å². The predicted molar refractivity (Wildman–Crippen MR) is 124 cm³/mol. The molecule has 0 aromatic heterocycles. The molecule has 1 amide bonds. The number of nitrogens with one attached hydrogen (secondary N) is 1. The van der Waals surface area contributed by atoms with Crippen LogP contribution in [0.25, 0.3) is 11.1 Å². The maximum Gasteiger partial charge on any atom is 0.264 e. The average Bonchev–Trinajstić information content (AvgIpc) is 3.26. The molecule has 2 N–H and O–H groups in total. The van der Waals surface area contributed by atoms with Gasteiger partial charge in [0.1, 0.15) is 6.10 Å². The number of carbonyl (C=O) groups is 1. The highest BCUT2D eigenvalue weighted by Crippen LogP contribution is 2.30. The van der Waals surface area contributed by atoms with Gasteiger partial charge in [-0.2, -0.15) is 5.26 Å². The Hall–Kier alpha value is -3.22. The maximum absolute atomic E-state index is 12.2.